The maximum atomic E-state index is 12.6. The molecule has 0 bridgehead atoms. The molecule has 2 heterocycles. The fourth-order valence-electron chi connectivity index (χ4n) is 3.54. The van der Waals surface area contributed by atoms with Crippen molar-refractivity contribution in [3.05, 3.63) is 53.0 Å². The number of nitrogens with zero attached hydrogens (tertiary/aromatic N) is 4. The molecular formula is C23H33N5O. The van der Waals surface area contributed by atoms with Crippen molar-refractivity contribution >= 4 is 11.7 Å². The highest BCUT2D eigenvalue weighted by atomic mass is 16.2. The fourth-order valence-corrected chi connectivity index (χ4v) is 3.54. The van der Waals surface area contributed by atoms with Gasteiger partial charge in [-0.25, -0.2) is 9.97 Å². The summed E-state index contributed by atoms with van der Waals surface area (Å²) in [6.45, 7) is 14.3. The molecule has 0 unspecified atom stereocenters. The molecule has 0 saturated carbocycles. The molecule has 1 N–H and O–H groups in total. The number of carbonyl (C=O) groups excluding carboxylic acids is 1. The first-order valence-electron chi connectivity index (χ1n) is 10.5. The lowest BCUT2D eigenvalue weighted by Crippen LogP contribution is -2.54. The van der Waals surface area contributed by atoms with Gasteiger partial charge in [0.1, 0.15) is 11.6 Å². The molecule has 1 saturated heterocycles. The molecule has 2 aromatic rings. The molecule has 29 heavy (non-hydrogen) atoms. The third-order valence-corrected chi connectivity index (χ3v) is 5.53. The van der Waals surface area contributed by atoms with E-state index < -0.39 is 0 Å². The van der Waals surface area contributed by atoms with Crippen molar-refractivity contribution in [1.82, 2.24) is 20.2 Å². The van der Waals surface area contributed by atoms with Crippen LogP contribution in [0.2, 0.25) is 0 Å². The lowest BCUT2D eigenvalue weighted by atomic mass is 10.1. The van der Waals surface area contributed by atoms with Crippen LogP contribution in [0.25, 0.3) is 0 Å². The van der Waals surface area contributed by atoms with E-state index in [4.69, 9.17) is 4.98 Å². The number of benzene rings is 1. The summed E-state index contributed by atoms with van der Waals surface area (Å²) >= 11 is 0. The van der Waals surface area contributed by atoms with Crippen molar-refractivity contribution in [2.75, 3.05) is 31.1 Å². The Balaban J connectivity index is 1.53. The highest BCUT2D eigenvalue weighted by Gasteiger charge is 2.26. The van der Waals surface area contributed by atoms with Gasteiger partial charge in [-0.2, -0.15) is 0 Å². The Kier molecular flexibility index (Phi) is 6.85. The Hall–Kier alpha value is -2.47. The number of aryl methyl sites for hydroxylation is 2. The molecule has 1 aliphatic rings. The minimum Gasteiger partial charge on any atom is -0.354 e. The van der Waals surface area contributed by atoms with Crippen LogP contribution in [-0.4, -0.2) is 53.0 Å². The number of amides is 1. The van der Waals surface area contributed by atoms with Crippen molar-refractivity contribution in [2.45, 2.75) is 53.1 Å². The van der Waals surface area contributed by atoms with Crippen LogP contribution in [0.3, 0.4) is 0 Å². The second-order valence-electron chi connectivity index (χ2n) is 8.28. The van der Waals surface area contributed by atoms with E-state index in [0.29, 0.717) is 12.5 Å². The number of anilines is 1. The molecule has 1 aliphatic heterocycles. The summed E-state index contributed by atoms with van der Waals surface area (Å²) in [5, 5.41) is 3.07. The predicted octanol–water partition coefficient (Wildman–Crippen LogP) is 3.04. The van der Waals surface area contributed by atoms with Gasteiger partial charge in [-0.15, -0.1) is 0 Å². The van der Waals surface area contributed by atoms with Crippen LogP contribution in [0.4, 0.5) is 5.82 Å². The highest BCUT2D eigenvalue weighted by Crippen LogP contribution is 2.19. The molecule has 6 nitrogen and oxygen atoms in total. The smallest absolute Gasteiger partial charge is 0.237 e. The number of carbonyl (C=O) groups is 1. The van der Waals surface area contributed by atoms with Crippen LogP contribution in [-0.2, 0) is 11.3 Å². The predicted molar refractivity (Wildman–Crippen MR) is 117 cm³/mol. The van der Waals surface area contributed by atoms with Gasteiger partial charge in [0, 0.05) is 50.4 Å². The number of hydrogen-bond acceptors (Lipinski definition) is 5. The van der Waals surface area contributed by atoms with Gasteiger partial charge in [-0.3, -0.25) is 9.69 Å². The standard InChI is InChI=1S/C23H33N5O/c1-16(2)22-25-18(4)14-21(26-22)28-12-10-27(11-13-28)19(5)23(29)24-15-20-8-6-17(3)7-9-20/h6-9,14,16,19H,10-13,15H2,1-5H3,(H,24,29)/t19-/m1/s1. The van der Waals surface area contributed by atoms with Crippen LogP contribution in [0.5, 0.6) is 0 Å². The van der Waals surface area contributed by atoms with Crippen molar-refractivity contribution in [3.63, 3.8) is 0 Å². The van der Waals surface area contributed by atoms with Crippen molar-refractivity contribution < 1.29 is 4.79 Å². The molecule has 156 valence electrons. The van der Waals surface area contributed by atoms with Crippen molar-refractivity contribution in [3.8, 4) is 0 Å². The van der Waals surface area contributed by atoms with E-state index in [-0.39, 0.29) is 11.9 Å². The summed E-state index contributed by atoms with van der Waals surface area (Å²) in [5.74, 6) is 2.29. The van der Waals surface area contributed by atoms with E-state index in [1.165, 1.54) is 5.56 Å². The molecule has 1 amide bonds. The second kappa shape index (κ2) is 9.35. The van der Waals surface area contributed by atoms with Gasteiger partial charge in [0.2, 0.25) is 5.91 Å². The zero-order valence-electron chi connectivity index (χ0n) is 18.3. The number of hydrogen-bond donors (Lipinski definition) is 1. The van der Waals surface area contributed by atoms with Crippen LogP contribution in [0.1, 0.15) is 49.3 Å². The number of aromatic nitrogens is 2. The van der Waals surface area contributed by atoms with E-state index in [2.05, 4.69) is 71.2 Å². The largest absolute Gasteiger partial charge is 0.354 e. The van der Waals surface area contributed by atoms with Crippen LogP contribution in [0.15, 0.2) is 30.3 Å². The monoisotopic (exact) mass is 395 g/mol. The van der Waals surface area contributed by atoms with Gasteiger partial charge in [-0.1, -0.05) is 43.7 Å². The summed E-state index contributed by atoms with van der Waals surface area (Å²) in [5.41, 5.74) is 3.36. The summed E-state index contributed by atoms with van der Waals surface area (Å²) in [7, 11) is 0. The number of rotatable bonds is 6. The normalized spacial score (nSPS) is 16.1. The molecule has 1 fully saturated rings. The molecule has 0 spiro atoms. The summed E-state index contributed by atoms with van der Waals surface area (Å²) in [6.07, 6.45) is 0. The number of nitrogens with one attached hydrogen (secondary N) is 1. The lowest BCUT2D eigenvalue weighted by Gasteiger charge is -2.38. The van der Waals surface area contributed by atoms with Crippen LogP contribution < -0.4 is 10.2 Å². The van der Waals surface area contributed by atoms with E-state index in [1.54, 1.807) is 0 Å². The Morgan fingerprint density at radius 2 is 1.69 bits per heavy atom. The zero-order chi connectivity index (χ0) is 21.0. The van der Waals surface area contributed by atoms with Crippen molar-refractivity contribution in [2.24, 2.45) is 0 Å². The maximum absolute atomic E-state index is 12.6. The second-order valence-corrected chi connectivity index (χ2v) is 8.28. The average Bonchev–Trinajstić information content (AvgIpc) is 2.72. The Morgan fingerprint density at radius 1 is 1.03 bits per heavy atom. The van der Waals surface area contributed by atoms with E-state index in [1.807, 2.05) is 13.8 Å². The molecule has 1 aromatic heterocycles. The third-order valence-electron chi connectivity index (χ3n) is 5.53. The molecule has 3 rings (SSSR count). The Labute approximate surface area is 174 Å². The Morgan fingerprint density at radius 3 is 2.31 bits per heavy atom. The first-order chi connectivity index (χ1) is 13.8. The summed E-state index contributed by atoms with van der Waals surface area (Å²) in [6, 6.07) is 10.2. The summed E-state index contributed by atoms with van der Waals surface area (Å²) < 4.78 is 0. The van der Waals surface area contributed by atoms with Crippen LogP contribution >= 0.6 is 0 Å². The first kappa shape index (κ1) is 21.2. The van der Waals surface area contributed by atoms with Gasteiger partial charge in [0.05, 0.1) is 6.04 Å². The van der Waals surface area contributed by atoms with Crippen molar-refractivity contribution in [1.29, 1.82) is 0 Å². The molecule has 6 heteroatoms. The SMILES string of the molecule is Cc1ccc(CNC(=O)[C@@H](C)N2CCN(c3cc(C)nc(C(C)C)n3)CC2)cc1. The highest BCUT2D eigenvalue weighted by molar-refractivity contribution is 5.81. The first-order valence-corrected chi connectivity index (χ1v) is 10.5. The van der Waals surface area contributed by atoms with Gasteiger partial charge < -0.3 is 10.2 Å². The third kappa shape index (κ3) is 5.54. The van der Waals surface area contributed by atoms with Gasteiger partial charge >= 0.3 is 0 Å². The van der Waals surface area contributed by atoms with Crippen LogP contribution in [0, 0.1) is 13.8 Å². The van der Waals surface area contributed by atoms with Gasteiger partial charge in [0.15, 0.2) is 0 Å². The van der Waals surface area contributed by atoms with Gasteiger partial charge in [-0.05, 0) is 26.3 Å². The number of piperazine rings is 1. The van der Waals surface area contributed by atoms with E-state index in [0.717, 1.165) is 49.1 Å². The summed E-state index contributed by atoms with van der Waals surface area (Å²) in [4.78, 5) is 26.5. The van der Waals surface area contributed by atoms with E-state index in [9.17, 15) is 4.79 Å². The Bertz CT molecular complexity index is 826. The maximum Gasteiger partial charge on any atom is 0.237 e. The van der Waals surface area contributed by atoms with Gasteiger partial charge in [0.25, 0.3) is 0 Å². The quantitative estimate of drug-likeness (QED) is 0.815. The minimum atomic E-state index is -0.138. The fraction of sp³-hybridized carbons (Fsp3) is 0.522. The molecule has 0 radical (unpaired) electrons. The molecular weight excluding hydrogens is 362 g/mol. The minimum absolute atomic E-state index is 0.0824. The average molecular weight is 396 g/mol. The lowest BCUT2D eigenvalue weighted by molar-refractivity contribution is -0.126. The molecule has 0 aliphatic carbocycles. The zero-order valence-corrected chi connectivity index (χ0v) is 18.3. The molecule has 1 atom stereocenters. The topological polar surface area (TPSA) is 61.4 Å². The van der Waals surface area contributed by atoms with E-state index >= 15 is 0 Å². The molecule has 1 aromatic carbocycles.